The first kappa shape index (κ1) is 21.9. The van der Waals surface area contributed by atoms with Crippen LogP contribution in [-0.2, 0) is 4.79 Å². The lowest BCUT2D eigenvalue weighted by Gasteiger charge is -2.12. The van der Waals surface area contributed by atoms with Gasteiger partial charge in [-0.25, -0.2) is 0 Å². The van der Waals surface area contributed by atoms with E-state index in [0.29, 0.717) is 35.3 Å². The van der Waals surface area contributed by atoms with Gasteiger partial charge in [-0.15, -0.1) is 0 Å². The number of methoxy groups -OCH3 is 1. The number of nitro groups is 1. The highest BCUT2D eigenvalue weighted by Crippen LogP contribution is 2.29. The third-order valence-electron chi connectivity index (χ3n) is 4.25. The van der Waals surface area contributed by atoms with Gasteiger partial charge in [0.15, 0.2) is 11.5 Å². The summed E-state index contributed by atoms with van der Waals surface area (Å²) < 4.78 is 11.1. The van der Waals surface area contributed by atoms with Gasteiger partial charge in [-0.1, -0.05) is 19.9 Å². The fourth-order valence-electron chi connectivity index (χ4n) is 2.56. The maximum absolute atomic E-state index is 12.2. The highest BCUT2D eigenvalue weighted by Gasteiger charge is 2.09. The number of non-ortho nitro benzene ring substituents is 1. The summed E-state index contributed by atoms with van der Waals surface area (Å²) in [5, 5.41) is 13.5. The van der Waals surface area contributed by atoms with E-state index in [-0.39, 0.29) is 11.6 Å². The zero-order chi connectivity index (χ0) is 21.4. The molecule has 0 saturated heterocycles. The Morgan fingerprint density at radius 2 is 1.97 bits per heavy atom. The average molecular weight is 398 g/mol. The molecule has 0 radical (unpaired) electrons. The number of aryl methyl sites for hydroxylation is 1. The third-order valence-corrected chi connectivity index (χ3v) is 4.25. The largest absolute Gasteiger partial charge is 0.493 e. The summed E-state index contributed by atoms with van der Waals surface area (Å²) in [5.74, 6) is 1.48. The summed E-state index contributed by atoms with van der Waals surface area (Å²) in [6.45, 7) is 6.59. The molecule has 2 aromatic carbocycles. The molecule has 1 N–H and O–H groups in total. The molecule has 0 heterocycles. The van der Waals surface area contributed by atoms with Gasteiger partial charge in [-0.05, 0) is 54.7 Å². The monoisotopic (exact) mass is 398 g/mol. The first-order chi connectivity index (χ1) is 13.8. The molecule has 0 aliphatic carbocycles. The number of benzene rings is 2. The average Bonchev–Trinajstić information content (AvgIpc) is 2.68. The number of carbonyl (C=O) groups excluding carboxylic acids is 1. The van der Waals surface area contributed by atoms with Crippen molar-refractivity contribution in [3.63, 3.8) is 0 Å². The van der Waals surface area contributed by atoms with Crippen molar-refractivity contribution in [2.24, 2.45) is 5.92 Å². The zero-order valence-electron chi connectivity index (χ0n) is 17.1. The summed E-state index contributed by atoms with van der Waals surface area (Å²) in [5.41, 5.74) is 1.91. The molecule has 2 aromatic rings. The standard InChI is InChI=1S/C22H26N2O5/c1-15(2)11-12-29-20-9-5-17(14-21(20)28-4)6-10-22(25)23-19-8-7-18(24(26)27)13-16(19)3/h5-10,13-15H,11-12H2,1-4H3,(H,23,25)/b10-6+. The molecule has 0 aliphatic heterocycles. The van der Waals surface area contributed by atoms with E-state index in [0.717, 1.165) is 12.0 Å². The molecule has 0 unspecified atom stereocenters. The Morgan fingerprint density at radius 1 is 1.21 bits per heavy atom. The second kappa shape index (κ2) is 10.3. The topological polar surface area (TPSA) is 90.7 Å². The first-order valence-corrected chi connectivity index (χ1v) is 9.35. The summed E-state index contributed by atoms with van der Waals surface area (Å²) in [6.07, 6.45) is 4.01. The molecule has 0 atom stereocenters. The number of hydrogen-bond donors (Lipinski definition) is 1. The van der Waals surface area contributed by atoms with Crippen LogP contribution in [0.5, 0.6) is 11.5 Å². The number of nitrogens with one attached hydrogen (secondary N) is 1. The van der Waals surface area contributed by atoms with Crippen LogP contribution in [0.2, 0.25) is 0 Å². The van der Waals surface area contributed by atoms with E-state index in [1.165, 1.54) is 24.3 Å². The van der Waals surface area contributed by atoms with E-state index in [9.17, 15) is 14.9 Å². The molecule has 0 aromatic heterocycles. The van der Waals surface area contributed by atoms with Crippen LogP contribution in [-0.4, -0.2) is 24.5 Å². The van der Waals surface area contributed by atoms with Crippen molar-refractivity contribution in [3.8, 4) is 11.5 Å². The number of nitro benzene ring substituents is 1. The number of hydrogen-bond acceptors (Lipinski definition) is 5. The zero-order valence-corrected chi connectivity index (χ0v) is 17.1. The maximum Gasteiger partial charge on any atom is 0.269 e. The summed E-state index contributed by atoms with van der Waals surface area (Å²) in [7, 11) is 1.57. The smallest absolute Gasteiger partial charge is 0.269 e. The van der Waals surface area contributed by atoms with Crippen LogP contribution < -0.4 is 14.8 Å². The van der Waals surface area contributed by atoms with Gasteiger partial charge in [0, 0.05) is 23.9 Å². The number of amides is 1. The Balaban J connectivity index is 2.03. The molecular formula is C22H26N2O5. The minimum absolute atomic E-state index is 0.0150. The molecule has 7 heteroatoms. The molecule has 2 rings (SSSR count). The van der Waals surface area contributed by atoms with Gasteiger partial charge in [0.2, 0.25) is 5.91 Å². The molecule has 0 bridgehead atoms. The maximum atomic E-state index is 12.2. The van der Waals surface area contributed by atoms with Gasteiger partial charge in [0.1, 0.15) is 0 Å². The van der Waals surface area contributed by atoms with Crippen molar-refractivity contribution in [3.05, 3.63) is 63.7 Å². The van der Waals surface area contributed by atoms with Gasteiger partial charge in [-0.3, -0.25) is 14.9 Å². The predicted molar refractivity (Wildman–Crippen MR) is 113 cm³/mol. The lowest BCUT2D eigenvalue weighted by atomic mass is 10.1. The first-order valence-electron chi connectivity index (χ1n) is 9.35. The van der Waals surface area contributed by atoms with Crippen LogP contribution in [0.4, 0.5) is 11.4 Å². The van der Waals surface area contributed by atoms with Crippen LogP contribution in [0.15, 0.2) is 42.5 Å². The van der Waals surface area contributed by atoms with Crippen LogP contribution in [0.3, 0.4) is 0 Å². The Morgan fingerprint density at radius 3 is 2.59 bits per heavy atom. The Hall–Kier alpha value is -3.35. The third kappa shape index (κ3) is 6.64. The van der Waals surface area contributed by atoms with Crippen molar-refractivity contribution in [1.29, 1.82) is 0 Å². The second-order valence-corrected chi connectivity index (χ2v) is 7.02. The van der Waals surface area contributed by atoms with Gasteiger partial charge < -0.3 is 14.8 Å². The normalized spacial score (nSPS) is 10.9. The lowest BCUT2D eigenvalue weighted by Crippen LogP contribution is -2.09. The van der Waals surface area contributed by atoms with Crippen molar-refractivity contribution >= 4 is 23.4 Å². The fourth-order valence-corrected chi connectivity index (χ4v) is 2.56. The van der Waals surface area contributed by atoms with E-state index in [4.69, 9.17) is 9.47 Å². The number of nitrogens with zero attached hydrogens (tertiary/aromatic N) is 1. The molecule has 0 saturated carbocycles. The van der Waals surface area contributed by atoms with E-state index in [2.05, 4.69) is 19.2 Å². The van der Waals surface area contributed by atoms with E-state index in [1.807, 2.05) is 12.1 Å². The van der Waals surface area contributed by atoms with Crippen LogP contribution in [0.25, 0.3) is 6.08 Å². The summed E-state index contributed by atoms with van der Waals surface area (Å²) >= 11 is 0. The fraction of sp³-hybridized carbons (Fsp3) is 0.318. The Bertz CT molecular complexity index is 906. The highest BCUT2D eigenvalue weighted by atomic mass is 16.6. The Labute approximate surface area is 170 Å². The summed E-state index contributed by atoms with van der Waals surface area (Å²) in [6, 6.07) is 9.75. The molecule has 0 aliphatic rings. The van der Waals surface area contributed by atoms with Crippen LogP contribution >= 0.6 is 0 Å². The van der Waals surface area contributed by atoms with Gasteiger partial charge in [0.25, 0.3) is 5.69 Å². The van der Waals surface area contributed by atoms with Gasteiger partial charge in [-0.2, -0.15) is 0 Å². The van der Waals surface area contributed by atoms with Crippen molar-refractivity contribution in [2.75, 3.05) is 19.0 Å². The number of rotatable bonds is 9. The minimum Gasteiger partial charge on any atom is -0.493 e. The molecular weight excluding hydrogens is 372 g/mol. The SMILES string of the molecule is COc1cc(/C=C/C(=O)Nc2ccc([N+](=O)[O-])cc2C)ccc1OCCC(C)C. The highest BCUT2D eigenvalue weighted by molar-refractivity contribution is 6.02. The molecule has 29 heavy (non-hydrogen) atoms. The molecule has 0 fully saturated rings. The molecule has 0 spiro atoms. The molecule has 154 valence electrons. The van der Waals surface area contributed by atoms with Crippen LogP contribution in [0.1, 0.15) is 31.4 Å². The van der Waals surface area contributed by atoms with E-state index < -0.39 is 4.92 Å². The predicted octanol–water partition coefficient (Wildman–Crippen LogP) is 4.99. The van der Waals surface area contributed by atoms with Crippen molar-refractivity contribution in [2.45, 2.75) is 27.2 Å². The Kier molecular flexibility index (Phi) is 7.77. The summed E-state index contributed by atoms with van der Waals surface area (Å²) in [4.78, 5) is 22.5. The molecule has 1 amide bonds. The van der Waals surface area contributed by atoms with Crippen molar-refractivity contribution in [1.82, 2.24) is 0 Å². The molecule has 7 nitrogen and oxygen atoms in total. The minimum atomic E-state index is -0.470. The van der Waals surface area contributed by atoms with Gasteiger partial charge in [0.05, 0.1) is 18.6 Å². The van der Waals surface area contributed by atoms with E-state index in [1.54, 1.807) is 26.2 Å². The lowest BCUT2D eigenvalue weighted by molar-refractivity contribution is -0.384. The quantitative estimate of drug-likeness (QED) is 0.365. The number of carbonyl (C=O) groups is 1. The second-order valence-electron chi connectivity index (χ2n) is 7.02. The van der Waals surface area contributed by atoms with E-state index >= 15 is 0 Å². The van der Waals surface area contributed by atoms with Gasteiger partial charge >= 0.3 is 0 Å². The number of ether oxygens (including phenoxy) is 2. The number of anilines is 1. The van der Waals surface area contributed by atoms with Crippen LogP contribution in [0, 0.1) is 23.0 Å². The van der Waals surface area contributed by atoms with Crippen molar-refractivity contribution < 1.29 is 19.2 Å².